The van der Waals surface area contributed by atoms with Crippen molar-refractivity contribution in [1.82, 2.24) is 9.66 Å². The van der Waals surface area contributed by atoms with Gasteiger partial charge in [0.2, 0.25) is 5.91 Å². The summed E-state index contributed by atoms with van der Waals surface area (Å²) in [6.45, 7) is 5.11. The van der Waals surface area contributed by atoms with E-state index < -0.39 is 0 Å². The number of carbonyl (C=O) groups excluding carboxylic acids is 1. The molecule has 1 amide bonds. The number of nitrogens with zero attached hydrogens (tertiary/aromatic N) is 3. The van der Waals surface area contributed by atoms with Crippen LogP contribution >= 0.6 is 11.8 Å². The van der Waals surface area contributed by atoms with Gasteiger partial charge in [0.05, 0.1) is 30.4 Å². The van der Waals surface area contributed by atoms with Gasteiger partial charge in [-0.1, -0.05) is 42.1 Å². The first-order chi connectivity index (χ1) is 14.6. The third-order valence-corrected chi connectivity index (χ3v) is 6.01. The summed E-state index contributed by atoms with van der Waals surface area (Å²) in [4.78, 5) is 19.5. The molecule has 0 spiro atoms. The van der Waals surface area contributed by atoms with E-state index in [4.69, 9.17) is 10.6 Å². The molecule has 2 heterocycles. The minimum absolute atomic E-state index is 0.0941. The largest absolute Gasteiger partial charge is 0.378 e. The average Bonchev–Trinajstić information content (AvgIpc) is 3.15. The molecule has 0 aliphatic carbocycles. The van der Waals surface area contributed by atoms with Gasteiger partial charge in [0, 0.05) is 30.0 Å². The zero-order valence-corrected chi connectivity index (χ0v) is 17.6. The molecule has 0 bridgehead atoms. The van der Waals surface area contributed by atoms with Gasteiger partial charge in [-0.15, -0.1) is 0 Å². The molecule has 3 N–H and O–H groups in total. The molecule has 3 aromatic rings. The number of thioether (sulfide) groups is 1. The Hall–Kier alpha value is -2.97. The second-order valence-electron chi connectivity index (χ2n) is 7.08. The molecule has 0 radical (unpaired) electrons. The number of benzene rings is 2. The molecule has 7 nitrogen and oxygen atoms in total. The van der Waals surface area contributed by atoms with Crippen molar-refractivity contribution in [3.63, 3.8) is 0 Å². The van der Waals surface area contributed by atoms with Crippen molar-refractivity contribution < 1.29 is 9.53 Å². The Morgan fingerprint density at radius 3 is 2.53 bits per heavy atom. The zero-order chi connectivity index (χ0) is 20.9. The molecule has 0 saturated carbocycles. The van der Waals surface area contributed by atoms with E-state index >= 15 is 0 Å². The molecule has 1 saturated heterocycles. The highest BCUT2D eigenvalue weighted by Crippen LogP contribution is 2.27. The van der Waals surface area contributed by atoms with Crippen molar-refractivity contribution >= 4 is 29.0 Å². The number of aromatic nitrogens is 2. The number of carbonyl (C=O) groups is 1. The number of amides is 1. The fourth-order valence-electron chi connectivity index (χ4n) is 3.24. The molecule has 2 aromatic carbocycles. The zero-order valence-electron chi connectivity index (χ0n) is 16.8. The molecule has 30 heavy (non-hydrogen) atoms. The molecule has 1 aromatic heterocycles. The summed E-state index contributed by atoms with van der Waals surface area (Å²) in [5, 5.41) is 3.22. The summed E-state index contributed by atoms with van der Waals surface area (Å²) >= 11 is 1.33. The molecular formula is C22H25N5O2S. The first kappa shape index (κ1) is 20.3. The predicted molar refractivity (Wildman–Crippen MR) is 121 cm³/mol. The number of nitrogen functional groups attached to an aromatic ring is 1. The quantitative estimate of drug-likeness (QED) is 0.468. The van der Waals surface area contributed by atoms with Crippen LogP contribution in [0.1, 0.15) is 6.92 Å². The van der Waals surface area contributed by atoms with Gasteiger partial charge in [0.1, 0.15) is 0 Å². The molecule has 4 rings (SSSR count). The van der Waals surface area contributed by atoms with E-state index in [1.54, 1.807) is 6.20 Å². The molecule has 156 valence electrons. The summed E-state index contributed by atoms with van der Waals surface area (Å²) in [6.07, 6.45) is 1.77. The Kier molecular flexibility index (Phi) is 6.25. The van der Waals surface area contributed by atoms with Crippen molar-refractivity contribution in [2.75, 3.05) is 42.4 Å². The molecule has 1 atom stereocenters. The van der Waals surface area contributed by atoms with Crippen LogP contribution in [0.2, 0.25) is 0 Å². The standard InChI is InChI=1S/C22H25N5O2S/c1-16(30-22-25-20(15-27(22)23)17-5-3-2-4-6-17)21(28)24-18-7-9-19(10-8-18)26-11-13-29-14-12-26/h2-10,15-16H,11-14,23H2,1H3,(H,24,28)/t16-/m0/s1. The first-order valence-corrected chi connectivity index (χ1v) is 10.8. The molecule has 8 heteroatoms. The SMILES string of the molecule is C[C@H](Sc1nc(-c2ccccc2)cn1N)C(=O)Nc1ccc(N2CCOCC2)cc1. The second-order valence-corrected chi connectivity index (χ2v) is 8.39. The van der Waals surface area contributed by atoms with Gasteiger partial charge in [-0.05, 0) is 31.2 Å². The van der Waals surface area contributed by atoms with E-state index in [1.165, 1.54) is 16.4 Å². The minimum atomic E-state index is -0.350. The monoisotopic (exact) mass is 423 g/mol. The summed E-state index contributed by atoms with van der Waals surface area (Å²) in [6, 6.07) is 17.7. The lowest BCUT2D eigenvalue weighted by Gasteiger charge is -2.28. The number of nitrogens with two attached hydrogens (primary N) is 1. The lowest BCUT2D eigenvalue weighted by Crippen LogP contribution is -2.36. The van der Waals surface area contributed by atoms with Crippen LogP contribution in [-0.2, 0) is 9.53 Å². The van der Waals surface area contributed by atoms with Gasteiger partial charge in [0.25, 0.3) is 0 Å². The number of anilines is 2. The number of rotatable bonds is 6. The highest BCUT2D eigenvalue weighted by Gasteiger charge is 2.19. The van der Waals surface area contributed by atoms with Crippen molar-refractivity contribution in [3.8, 4) is 11.3 Å². The molecule has 1 aliphatic heterocycles. The topological polar surface area (TPSA) is 85.4 Å². The van der Waals surface area contributed by atoms with Crippen LogP contribution in [0, 0.1) is 0 Å². The van der Waals surface area contributed by atoms with E-state index in [-0.39, 0.29) is 11.2 Å². The van der Waals surface area contributed by atoms with Crippen molar-refractivity contribution in [2.24, 2.45) is 0 Å². The van der Waals surface area contributed by atoms with Gasteiger partial charge in [-0.25, -0.2) is 9.66 Å². The van der Waals surface area contributed by atoms with E-state index in [9.17, 15) is 4.79 Å². The van der Waals surface area contributed by atoms with E-state index in [0.717, 1.165) is 48.9 Å². The summed E-state index contributed by atoms with van der Waals surface area (Å²) < 4.78 is 6.86. The third-order valence-electron chi connectivity index (χ3n) is 4.93. The van der Waals surface area contributed by atoms with Crippen LogP contribution < -0.4 is 16.1 Å². The number of imidazole rings is 1. The number of hydrogen-bond acceptors (Lipinski definition) is 6. The number of ether oxygens (including phenoxy) is 1. The van der Waals surface area contributed by atoms with E-state index in [2.05, 4.69) is 15.2 Å². The number of hydrogen-bond donors (Lipinski definition) is 2. The van der Waals surface area contributed by atoms with Crippen molar-refractivity contribution in [3.05, 3.63) is 60.8 Å². The van der Waals surface area contributed by atoms with Gasteiger partial charge < -0.3 is 20.8 Å². The van der Waals surface area contributed by atoms with Gasteiger partial charge in [-0.2, -0.15) is 0 Å². The van der Waals surface area contributed by atoms with Crippen LogP contribution in [0.25, 0.3) is 11.3 Å². The highest BCUT2D eigenvalue weighted by atomic mass is 32.2. The summed E-state index contributed by atoms with van der Waals surface area (Å²) in [5.41, 5.74) is 3.68. The Morgan fingerprint density at radius 1 is 1.13 bits per heavy atom. The normalized spacial score (nSPS) is 15.0. The lowest BCUT2D eigenvalue weighted by atomic mass is 10.2. The fraction of sp³-hybridized carbons (Fsp3) is 0.273. The Bertz CT molecular complexity index is 985. The molecule has 1 fully saturated rings. The van der Waals surface area contributed by atoms with Crippen LogP contribution in [0.3, 0.4) is 0 Å². The molecule has 0 unspecified atom stereocenters. The number of morpholine rings is 1. The third kappa shape index (κ3) is 4.77. The minimum Gasteiger partial charge on any atom is -0.378 e. The van der Waals surface area contributed by atoms with Gasteiger partial charge >= 0.3 is 0 Å². The molecular weight excluding hydrogens is 398 g/mol. The summed E-state index contributed by atoms with van der Waals surface area (Å²) in [7, 11) is 0. The van der Waals surface area contributed by atoms with E-state index in [1.807, 2.05) is 61.5 Å². The van der Waals surface area contributed by atoms with Crippen LogP contribution in [0.5, 0.6) is 0 Å². The smallest absolute Gasteiger partial charge is 0.237 e. The maximum atomic E-state index is 12.7. The Morgan fingerprint density at radius 2 is 1.83 bits per heavy atom. The van der Waals surface area contributed by atoms with Crippen LogP contribution in [0.15, 0.2) is 66.0 Å². The Labute approximate surface area is 180 Å². The first-order valence-electron chi connectivity index (χ1n) is 9.90. The van der Waals surface area contributed by atoms with Crippen LogP contribution in [-0.4, -0.2) is 47.1 Å². The lowest BCUT2D eigenvalue weighted by molar-refractivity contribution is -0.115. The average molecular weight is 424 g/mol. The predicted octanol–water partition coefficient (Wildman–Crippen LogP) is 3.22. The molecule has 1 aliphatic rings. The van der Waals surface area contributed by atoms with Crippen LogP contribution in [0.4, 0.5) is 11.4 Å². The Balaban J connectivity index is 1.36. The van der Waals surface area contributed by atoms with Crippen molar-refractivity contribution in [1.29, 1.82) is 0 Å². The fourth-order valence-corrected chi connectivity index (χ4v) is 4.05. The van der Waals surface area contributed by atoms with E-state index in [0.29, 0.717) is 5.16 Å². The maximum Gasteiger partial charge on any atom is 0.237 e. The van der Waals surface area contributed by atoms with Gasteiger partial charge in [-0.3, -0.25) is 4.79 Å². The second kappa shape index (κ2) is 9.23. The van der Waals surface area contributed by atoms with Gasteiger partial charge in [0.15, 0.2) is 5.16 Å². The highest BCUT2D eigenvalue weighted by molar-refractivity contribution is 8.00. The summed E-state index contributed by atoms with van der Waals surface area (Å²) in [5.74, 6) is 5.96. The van der Waals surface area contributed by atoms with Crippen molar-refractivity contribution in [2.45, 2.75) is 17.3 Å². The number of nitrogens with one attached hydrogen (secondary N) is 1. The maximum absolute atomic E-state index is 12.7.